The van der Waals surface area contributed by atoms with Crippen molar-refractivity contribution in [1.29, 1.82) is 0 Å². The van der Waals surface area contributed by atoms with Crippen LogP contribution >= 0.6 is 0 Å². The summed E-state index contributed by atoms with van der Waals surface area (Å²) in [6, 6.07) is 7.96. The van der Waals surface area contributed by atoms with Gasteiger partial charge in [-0.1, -0.05) is 31.2 Å². The van der Waals surface area contributed by atoms with Gasteiger partial charge in [0.1, 0.15) is 0 Å². The van der Waals surface area contributed by atoms with Crippen molar-refractivity contribution in [1.82, 2.24) is 14.5 Å². The standard InChI is InChI=1S/C18H27N3O3S/c1-3-19-25(23,24)17-9-11-20(13-17)14(2)18(22)21-10-8-15-6-4-5-7-16(15)12-21/h4-7,14,17,19H,3,8-13H2,1-2H3. The normalized spacial score (nSPS) is 22.6. The summed E-state index contributed by atoms with van der Waals surface area (Å²) in [5.74, 6) is 0.0935. The van der Waals surface area contributed by atoms with Crippen LogP contribution in [0, 0.1) is 0 Å². The number of hydrogen-bond donors (Lipinski definition) is 1. The molecule has 3 rings (SSSR count). The van der Waals surface area contributed by atoms with E-state index >= 15 is 0 Å². The maximum Gasteiger partial charge on any atom is 0.239 e. The highest BCUT2D eigenvalue weighted by atomic mass is 32.2. The van der Waals surface area contributed by atoms with Crippen LogP contribution in [0.4, 0.5) is 0 Å². The zero-order valence-electron chi connectivity index (χ0n) is 14.9. The van der Waals surface area contributed by atoms with Crippen LogP contribution in [0.3, 0.4) is 0 Å². The van der Waals surface area contributed by atoms with Crippen molar-refractivity contribution in [2.24, 2.45) is 0 Å². The Morgan fingerprint density at radius 1 is 1.28 bits per heavy atom. The van der Waals surface area contributed by atoms with Crippen molar-refractivity contribution < 1.29 is 13.2 Å². The Balaban J connectivity index is 1.62. The molecule has 7 heteroatoms. The quantitative estimate of drug-likeness (QED) is 0.844. The predicted octanol–water partition coefficient (Wildman–Crippen LogP) is 0.973. The number of hydrogen-bond acceptors (Lipinski definition) is 4. The first-order valence-electron chi connectivity index (χ1n) is 9.00. The van der Waals surface area contributed by atoms with E-state index in [2.05, 4.69) is 16.9 Å². The first-order valence-corrected chi connectivity index (χ1v) is 10.5. The van der Waals surface area contributed by atoms with Crippen LogP contribution < -0.4 is 4.72 Å². The SMILES string of the molecule is CCNS(=O)(=O)C1CCN(C(C)C(=O)N2CCc3ccccc3C2)C1. The average Bonchev–Trinajstić information content (AvgIpc) is 3.11. The maximum absolute atomic E-state index is 12.9. The van der Waals surface area contributed by atoms with Gasteiger partial charge in [0.15, 0.2) is 0 Å². The summed E-state index contributed by atoms with van der Waals surface area (Å²) in [4.78, 5) is 16.8. The summed E-state index contributed by atoms with van der Waals surface area (Å²) in [5, 5.41) is -0.426. The third-order valence-electron chi connectivity index (χ3n) is 5.31. The van der Waals surface area contributed by atoms with Crippen LogP contribution in [0.15, 0.2) is 24.3 Å². The highest BCUT2D eigenvalue weighted by molar-refractivity contribution is 7.90. The van der Waals surface area contributed by atoms with Gasteiger partial charge >= 0.3 is 0 Å². The Morgan fingerprint density at radius 2 is 2.00 bits per heavy atom. The fourth-order valence-electron chi connectivity index (χ4n) is 3.78. The molecule has 2 aliphatic heterocycles. The largest absolute Gasteiger partial charge is 0.337 e. The predicted molar refractivity (Wildman–Crippen MR) is 97.6 cm³/mol. The Bertz CT molecular complexity index is 735. The molecule has 0 aliphatic carbocycles. The number of nitrogens with one attached hydrogen (secondary N) is 1. The molecule has 0 bridgehead atoms. The third kappa shape index (κ3) is 3.88. The van der Waals surface area contributed by atoms with Gasteiger partial charge in [-0.3, -0.25) is 9.69 Å². The van der Waals surface area contributed by atoms with Crippen LogP contribution in [0.1, 0.15) is 31.4 Å². The number of fused-ring (bicyclic) bond motifs is 1. The second kappa shape index (κ2) is 7.43. The molecule has 2 unspecified atom stereocenters. The second-order valence-electron chi connectivity index (χ2n) is 6.90. The smallest absolute Gasteiger partial charge is 0.239 e. The van der Waals surface area contributed by atoms with Crippen molar-refractivity contribution >= 4 is 15.9 Å². The van der Waals surface area contributed by atoms with E-state index < -0.39 is 15.3 Å². The molecule has 2 heterocycles. The molecule has 25 heavy (non-hydrogen) atoms. The zero-order valence-corrected chi connectivity index (χ0v) is 15.8. The van der Waals surface area contributed by atoms with Crippen LogP contribution in [0.25, 0.3) is 0 Å². The topological polar surface area (TPSA) is 69.7 Å². The highest BCUT2D eigenvalue weighted by Crippen LogP contribution is 2.23. The van der Waals surface area contributed by atoms with Gasteiger partial charge < -0.3 is 4.90 Å². The first-order chi connectivity index (χ1) is 11.9. The minimum atomic E-state index is -3.28. The lowest BCUT2D eigenvalue weighted by molar-refractivity contribution is -0.137. The zero-order chi connectivity index (χ0) is 18.0. The molecule has 6 nitrogen and oxygen atoms in total. The third-order valence-corrected chi connectivity index (χ3v) is 7.26. The Kier molecular flexibility index (Phi) is 5.46. The van der Waals surface area contributed by atoms with Gasteiger partial charge in [-0.05, 0) is 30.9 Å². The number of sulfonamides is 1. The molecule has 1 N–H and O–H groups in total. The van der Waals surface area contributed by atoms with E-state index in [4.69, 9.17) is 0 Å². The molecule has 0 spiro atoms. The number of carbonyl (C=O) groups is 1. The van der Waals surface area contributed by atoms with Gasteiger partial charge in [-0.25, -0.2) is 13.1 Å². The van der Waals surface area contributed by atoms with Gasteiger partial charge in [0.2, 0.25) is 15.9 Å². The average molecular weight is 365 g/mol. The second-order valence-corrected chi connectivity index (χ2v) is 8.95. The number of amides is 1. The van der Waals surface area contributed by atoms with E-state index in [1.807, 2.05) is 28.9 Å². The molecule has 1 fully saturated rings. The molecular weight excluding hydrogens is 338 g/mol. The van der Waals surface area contributed by atoms with Crippen molar-refractivity contribution in [2.75, 3.05) is 26.2 Å². The maximum atomic E-state index is 12.9. The van der Waals surface area contributed by atoms with E-state index in [1.165, 1.54) is 11.1 Å². The van der Waals surface area contributed by atoms with E-state index in [-0.39, 0.29) is 11.9 Å². The number of likely N-dealkylation sites (tertiary alicyclic amines) is 1. The molecule has 2 atom stereocenters. The molecule has 1 aromatic carbocycles. The number of benzene rings is 1. The van der Waals surface area contributed by atoms with Gasteiger partial charge in [0.25, 0.3) is 0 Å². The van der Waals surface area contributed by atoms with Crippen molar-refractivity contribution in [3.8, 4) is 0 Å². The van der Waals surface area contributed by atoms with Gasteiger partial charge in [-0.15, -0.1) is 0 Å². The molecule has 0 aromatic heterocycles. The number of carbonyl (C=O) groups excluding carboxylic acids is 1. The first kappa shape index (κ1) is 18.4. The van der Waals surface area contributed by atoms with E-state index in [0.717, 1.165) is 13.0 Å². The van der Waals surface area contributed by atoms with Crippen LogP contribution in [-0.4, -0.2) is 61.6 Å². The lowest BCUT2D eigenvalue weighted by Gasteiger charge is -2.33. The molecule has 1 saturated heterocycles. The summed E-state index contributed by atoms with van der Waals surface area (Å²) < 4.78 is 26.9. The minimum absolute atomic E-state index is 0.0935. The molecule has 138 valence electrons. The molecule has 0 saturated carbocycles. The van der Waals surface area contributed by atoms with Crippen LogP contribution in [0.2, 0.25) is 0 Å². The number of nitrogens with zero attached hydrogens (tertiary/aromatic N) is 2. The van der Waals surface area contributed by atoms with Gasteiger partial charge in [-0.2, -0.15) is 0 Å². The van der Waals surface area contributed by atoms with Gasteiger partial charge in [0, 0.05) is 32.7 Å². The van der Waals surface area contributed by atoms with Crippen LogP contribution in [-0.2, 0) is 27.8 Å². The number of rotatable bonds is 5. The molecule has 0 radical (unpaired) electrons. The Hall–Kier alpha value is -1.44. The van der Waals surface area contributed by atoms with Crippen molar-refractivity contribution in [3.63, 3.8) is 0 Å². The van der Waals surface area contributed by atoms with Crippen molar-refractivity contribution in [2.45, 2.75) is 44.5 Å². The fourth-order valence-corrected chi connectivity index (χ4v) is 5.22. The fraction of sp³-hybridized carbons (Fsp3) is 0.611. The van der Waals surface area contributed by atoms with Gasteiger partial charge in [0.05, 0.1) is 11.3 Å². The van der Waals surface area contributed by atoms with Crippen molar-refractivity contribution in [3.05, 3.63) is 35.4 Å². The Morgan fingerprint density at radius 3 is 2.72 bits per heavy atom. The van der Waals surface area contributed by atoms with E-state index in [0.29, 0.717) is 32.6 Å². The summed E-state index contributed by atoms with van der Waals surface area (Å²) in [5.41, 5.74) is 2.53. The summed E-state index contributed by atoms with van der Waals surface area (Å²) >= 11 is 0. The monoisotopic (exact) mass is 365 g/mol. The van der Waals surface area contributed by atoms with E-state index in [1.54, 1.807) is 6.92 Å². The van der Waals surface area contributed by atoms with E-state index in [9.17, 15) is 13.2 Å². The summed E-state index contributed by atoms with van der Waals surface area (Å²) in [6.07, 6.45) is 1.46. The molecule has 1 amide bonds. The lowest BCUT2D eigenvalue weighted by Crippen LogP contribution is -2.48. The summed E-state index contributed by atoms with van der Waals surface area (Å²) in [6.45, 7) is 6.52. The highest BCUT2D eigenvalue weighted by Gasteiger charge is 2.37. The minimum Gasteiger partial charge on any atom is -0.337 e. The Labute approximate surface area is 150 Å². The molecular formula is C18H27N3O3S. The molecule has 1 aromatic rings. The molecule has 2 aliphatic rings. The summed E-state index contributed by atoms with van der Waals surface area (Å²) in [7, 11) is -3.28. The lowest BCUT2D eigenvalue weighted by atomic mass is 9.99. The van der Waals surface area contributed by atoms with Crippen LogP contribution in [0.5, 0.6) is 0 Å².